The molecule has 0 saturated carbocycles. The molecule has 0 unspecified atom stereocenters. The Labute approximate surface area is 350 Å². The number of hydrogen-bond donors (Lipinski definition) is 0. The first-order chi connectivity index (χ1) is 29.1. The van der Waals surface area contributed by atoms with Crippen LogP contribution in [0.25, 0.3) is 61.3 Å². The number of fused-ring (bicyclic) bond motifs is 7. The molecular weight excluding hydrogens is 713 g/mol. The van der Waals surface area contributed by atoms with Crippen LogP contribution in [0.3, 0.4) is 0 Å². The molecule has 2 heteroatoms. The standard InChI is InChI=1S/C53H42N2.2C2H6/c1-36-15-6-7-16-38(40-19-14-18-39-17-8-9-22-44(39)37(2)33-40)29-32-49(36)55-51-26-13-11-24-46(51)48-31-28-42(35-53(48)55)41-27-30-47-45-23-10-12-25-50(45)54(52(47)34-41)43-20-4-3-5-21-43;2*1-2/h3-6,8-17,19-27,29-30,32-35H,2,7,18,28,31H2,1H3;2*1-2H3/b15-6-,19-14-,32-29-,38-16?,40-33+,49-36-;;. The van der Waals surface area contributed by atoms with E-state index in [4.69, 9.17) is 0 Å². The zero-order valence-electron chi connectivity index (χ0n) is 35.2. The van der Waals surface area contributed by atoms with Crippen LogP contribution in [-0.2, 0) is 12.8 Å². The summed E-state index contributed by atoms with van der Waals surface area (Å²) < 4.78 is 4.93. The topological polar surface area (TPSA) is 9.86 Å². The van der Waals surface area contributed by atoms with Crippen molar-refractivity contribution in [3.63, 3.8) is 0 Å². The van der Waals surface area contributed by atoms with Crippen LogP contribution in [0, 0.1) is 0 Å². The average Bonchev–Trinajstić information content (AvgIpc) is 3.82. The van der Waals surface area contributed by atoms with Gasteiger partial charge >= 0.3 is 0 Å². The zero-order chi connectivity index (χ0) is 40.9. The Morgan fingerprint density at radius 3 is 2.07 bits per heavy atom. The van der Waals surface area contributed by atoms with Crippen molar-refractivity contribution in [3.8, 4) is 5.69 Å². The van der Waals surface area contributed by atoms with Gasteiger partial charge in [-0.15, -0.1) is 0 Å². The summed E-state index contributed by atoms with van der Waals surface area (Å²) >= 11 is 0. The van der Waals surface area contributed by atoms with E-state index in [2.05, 4.69) is 199 Å². The van der Waals surface area contributed by atoms with Crippen molar-refractivity contribution in [2.24, 2.45) is 0 Å². The maximum Gasteiger partial charge on any atom is 0.0547 e. The average molecular weight is 767 g/mol. The number of aromatic nitrogens is 2. The SMILES string of the molecule is C=C1/C=C(C2=CC\C=C/C(C)=C(n3c4c(c5ccccc53)CCC(c3ccc5c6ccccc6n(-c6ccccc6)c5c3)=C4)/C=C\2)\C=C/Cc2ccccc21.CC.CC. The second-order valence-electron chi connectivity index (χ2n) is 14.9. The number of hydrogen-bond acceptors (Lipinski definition) is 0. The number of benzene rings is 5. The van der Waals surface area contributed by atoms with Crippen LogP contribution < -0.4 is 0 Å². The van der Waals surface area contributed by atoms with Crippen molar-refractivity contribution < 1.29 is 0 Å². The van der Waals surface area contributed by atoms with Crippen LogP contribution >= 0.6 is 0 Å². The van der Waals surface area contributed by atoms with E-state index in [9.17, 15) is 0 Å². The molecule has 2 aromatic heterocycles. The Kier molecular flexibility index (Phi) is 11.6. The van der Waals surface area contributed by atoms with Crippen molar-refractivity contribution in [2.75, 3.05) is 0 Å². The van der Waals surface area contributed by atoms with Gasteiger partial charge in [-0.1, -0.05) is 162 Å². The number of para-hydroxylation sites is 3. The summed E-state index contributed by atoms with van der Waals surface area (Å²) in [4.78, 5) is 0. The second kappa shape index (κ2) is 17.5. The predicted molar refractivity (Wildman–Crippen MR) is 258 cm³/mol. The van der Waals surface area contributed by atoms with E-state index in [1.807, 2.05) is 27.7 Å². The number of allylic oxidation sites excluding steroid dienone is 14. The fourth-order valence-corrected chi connectivity index (χ4v) is 8.93. The van der Waals surface area contributed by atoms with Gasteiger partial charge in [0.2, 0.25) is 0 Å². The lowest BCUT2D eigenvalue weighted by atomic mass is 9.90. The van der Waals surface area contributed by atoms with Crippen LogP contribution in [-0.4, -0.2) is 9.13 Å². The van der Waals surface area contributed by atoms with Crippen molar-refractivity contribution in [3.05, 3.63) is 221 Å². The molecule has 3 aliphatic carbocycles. The highest BCUT2D eigenvalue weighted by Crippen LogP contribution is 2.41. The second-order valence-corrected chi connectivity index (χ2v) is 14.9. The van der Waals surface area contributed by atoms with Gasteiger partial charge in [0.15, 0.2) is 0 Å². The molecule has 0 bridgehead atoms. The normalized spacial score (nSPS) is 18.7. The quantitative estimate of drug-likeness (QED) is 0.169. The van der Waals surface area contributed by atoms with Gasteiger partial charge in [0, 0.05) is 27.5 Å². The number of rotatable bonds is 4. The minimum absolute atomic E-state index is 0.856. The first-order valence-electron chi connectivity index (χ1n) is 21.5. The maximum absolute atomic E-state index is 4.50. The van der Waals surface area contributed by atoms with Crippen LogP contribution in [0.1, 0.15) is 75.4 Å². The summed E-state index contributed by atoms with van der Waals surface area (Å²) in [5.74, 6) is 0. The molecule has 0 amide bonds. The molecule has 3 aliphatic rings. The van der Waals surface area contributed by atoms with Crippen LogP contribution in [0.15, 0.2) is 193 Å². The van der Waals surface area contributed by atoms with Crippen LogP contribution in [0.2, 0.25) is 0 Å². The molecule has 0 spiro atoms. The van der Waals surface area contributed by atoms with E-state index in [0.29, 0.717) is 0 Å². The molecule has 292 valence electrons. The fourth-order valence-electron chi connectivity index (χ4n) is 8.93. The van der Waals surface area contributed by atoms with Gasteiger partial charge in [-0.3, -0.25) is 0 Å². The fraction of sp³-hybridized carbons (Fsp3) is 0.158. The molecule has 0 atom stereocenters. The summed E-state index contributed by atoms with van der Waals surface area (Å²) in [6, 6.07) is 44.2. The van der Waals surface area contributed by atoms with Gasteiger partial charge in [0.25, 0.3) is 0 Å². The summed E-state index contributed by atoms with van der Waals surface area (Å²) in [6.45, 7) is 14.7. The lowest BCUT2D eigenvalue weighted by Gasteiger charge is -2.19. The molecule has 7 aromatic rings. The van der Waals surface area contributed by atoms with E-state index in [1.54, 1.807) is 0 Å². The molecule has 0 aliphatic heterocycles. The monoisotopic (exact) mass is 766 g/mol. The van der Waals surface area contributed by atoms with E-state index in [-0.39, 0.29) is 0 Å². The summed E-state index contributed by atoms with van der Waals surface area (Å²) in [5.41, 5.74) is 18.7. The first kappa shape index (κ1) is 39.2. The van der Waals surface area contributed by atoms with Crippen LogP contribution in [0.5, 0.6) is 0 Å². The highest BCUT2D eigenvalue weighted by atomic mass is 15.0. The third-order valence-corrected chi connectivity index (χ3v) is 11.6. The summed E-state index contributed by atoms with van der Waals surface area (Å²) in [5, 5.41) is 3.90. The Morgan fingerprint density at radius 1 is 0.559 bits per heavy atom. The Hall–Kier alpha value is -6.64. The summed E-state index contributed by atoms with van der Waals surface area (Å²) in [7, 11) is 0. The number of aryl methyl sites for hydroxylation is 1. The molecule has 5 aromatic carbocycles. The molecule has 59 heavy (non-hydrogen) atoms. The van der Waals surface area contributed by atoms with Gasteiger partial charge in [0.1, 0.15) is 0 Å². The lowest BCUT2D eigenvalue weighted by Crippen LogP contribution is -2.05. The van der Waals surface area contributed by atoms with E-state index >= 15 is 0 Å². The maximum atomic E-state index is 4.50. The van der Waals surface area contributed by atoms with E-state index in [0.717, 1.165) is 31.3 Å². The van der Waals surface area contributed by atoms with Gasteiger partial charge in [-0.2, -0.15) is 0 Å². The number of nitrogens with zero attached hydrogens (tertiary/aromatic N) is 2. The largest absolute Gasteiger partial charge is 0.309 e. The van der Waals surface area contributed by atoms with Crippen molar-refractivity contribution in [2.45, 2.75) is 60.3 Å². The third kappa shape index (κ3) is 7.36. The van der Waals surface area contributed by atoms with Crippen molar-refractivity contribution in [1.82, 2.24) is 9.13 Å². The predicted octanol–water partition coefficient (Wildman–Crippen LogP) is 15.7. The molecule has 0 saturated heterocycles. The van der Waals surface area contributed by atoms with Gasteiger partial charge < -0.3 is 9.13 Å². The minimum Gasteiger partial charge on any atom is -0.309 e. The molecule has 2 nitrogen and oxygen atoms in total. The smallest absolute Gasteiger partial charge is 0.0547 e. The van der Waals surface area contributed by atoms with Gasteiger partial charge in [-0.05, 0) is 131 Å². The Bertz CT molecular complexity index is 2920. The molecule has 2 heterocycles. The van der Waals surface area contributed by atoms with E-state index in [1.165, 1.54) is 94.3 Å². The minimum atomic E-state index is 0.856. The highest BCUT2D eigenvalue weighted by molar-refractivity contribution is 6.10. The highest BCUT2D eigenvalue weighted by Gasteiger charge is 2.23. The van der Waals surface area contributed by atoms with Crippen molar-refractivity contribution >= 4 is 55.6 Å². The van der Waals surface area contributed by atoms with Gasteiger partial charge in [0.05, 0.1) is 22.2 Å². The zero-order valence-corrected chi connectivity index (χ0v) is 35.2. The van der Waals surface area contributed by atoms with Crippen molar-refractivity contribution in [1.29, 1.82) is 0 Å². The summed E-state index contributed by atoms with van der Waals surface area (Å²) in [6.07, 6.45) is 24.6. The molecular formula is C57H54N2. The molecule has 0 N–H and O–H groups in total. The van der Waals surface area contributed by atoms with Gasteiger partial charge in [-0.25, -0.2) is 0 Å². The first-order valence-corrected chi connectivity index (χ1v) is 21.5. The molecule has 0 radical (unpaired) electrons. The third-order valence-electron chi connectivity index (χ3n) is 11.6. The lowest BCUT2D eigenvalue weighted by molar-refractivity contribution is 0.987. The Balaban J connectivity index is 0.00000118. The molecule has 10 rings (SSSR count). The Morgan fingerprint density at radius 2 is 1.25 bits per heavy atom. The van der Waals surface area contributed by atoms with Crippen LogP contribution in [0.4, 0.5) is 0 Å². The van der Waals surface area contributed by atoms with E-state index < -0.39 is 0 Å². The molecule has 0 fully saturated rings.